The number of aryl methyl sites for hydroxylation is 1. The van der Waals surface area contributed by atoms with Crippen molar-refractivity contribution >= 4 is 32.6 Å². The molecule has 2 heterocycles. The number of carbonyl (C=O) groups excluding carboxylic acids is 1. The fraction of sp³-hybridized carbons (Fsp3) is 0.150. The molecule has 4 rings (SSSR count). The van der Waals surface area contributed by atoms with Gasteiger partial charge in [-0.2, -0.15) is 0 Å². The monoisotopic (exact) mass is 398 g/mol. The molecule has 0 fully saturated rings. The molecule has 5 nitrogen and oxygen atoms in total. The number of amides is 1. The minimum absolute atomic E-state index is 0.0712. The molecule has 1 amide bonds. The van der Waals surface area contributed by atoms with Gasteiger partial charge in [0.1, 0.15) is 11.3 Å². The molecule has 0 spiro atoms. The van der Waals surface area contributed by atoms with Gasteiger partial charge < -0.3 is 4.57 Å². The maximum Gasteiger partial charge on any atom is 0.260 e. The van der Waals surface area contributed by atoms with Gasteiger partial charge in [-0.15, -0.1) is 0 Å². The standard InChI is InChI=1S/C20H16F2N4OS/c21-15-11-16(22)18-17(12-15)28-20(24-18)26(9-4-8-25-10-7-23-13-25)19(27)14-5-2-1-3-6-14/h1-3,5-7,10-13H,4,8-9H2. The van der Waals surface area contributed by atoms with Crippen molar-refractivity contribution in [3.8, 4) is 0 Å². The molecule has 0 atom stereocenters. The fourth-order valence-electron chi connectivity index (χ4n) is 2.91. The SMILES string of the molecule is O=C(c1ccccc1)N(CCCn1ccnc1)c1nc2c(F)cc(F)cc2s1. The zero-order valence-corrected chi connectivity index (χ0v) is 15.6. The molecule has 4 aromatic rings. The lowest BCUT2D eigenvalue weighted by Crippen LogP contribution is -2.32. The lowest BCUT2D eigenvalue weighted by Gasteiger charge is -2.20. The minimum Gasteiger partial charge on any atom is -0.337 e. The Balaban J connectivity index is 1.65. The summed E-state index contributed by atoms with van der Waals surface area (Å²) in [5.41, 5.74) is 0.581. The maximum atomic E-state index is 14.1. The average Bonchev–Trinajstić information content (AvgIpc) is 3.35. The van der Waals surface area contributed by atoms with Gasteiger partial charge in [-0.1, -0.05) is 29.5 Å². The quantitative estimate of drug-likeness (QED) is 0.480. The summed E-state index contributed by atoms with van der Waals surface area (Å²) in [7, 11) is 0. The molecule has 8 heteroatoms. The van der Waals surface area contributed by atoms with Crippen molar-refractivity contribution in [3.05, 3.63) is 78.4 Å². The van der Waals surface area contributed by atoms with Crippen LogP contribution in [0, 0.1) is 11.6 Å². The Bertz CT molecular complexity index is 1100. The van der Waals surface area contributed by atoms with Crippen LogP contribution in [-0.4, -0.2) is 27.0 Å². The van der Waals surface area contributed by atoms with E-state index in [1.807, 2.05) is 16.8 Å². The first-order valence-corrected chi connectivity index (χ1v) is 9.52. The topological polar surface area (TPSA) is 51.0 Å². The highest BCUT2D eigenvalue weighted by Gasteiger charge is 2.22. The number of nitrogens with zero attached hydrogens (tertiary/aromatic N) is 4. The Morgan fingerprint density at radius 2 is 2.00 bits per heavy atom. The van der Waals surface area contributed by atoms with Crippen LogP contribution < -0.4 is 4.90 Å². The van der Waals surface area contributed by atoms with Gasteiger partial charge in [0.05, 0.1) is 11.0 Å². The molecule has 0 aliphatic heterocycles. The molecule has 0 unspecified atom stereocenters. The second-order valence-corrected chi connectivity index (χ2v) is 7.22. The number of anilines is 1. The van der Waals surface area contributed by atoms with Crippen LogP contribution in [0.3, 0.4) is 0 Å². The van der Waals surface area contributed by atoms with Crippen molar-refractivity contribution < 1.29 is 13.6 Å². The van der Waals surface area contributed by atoms with Crippen LogP contribution in [0.1, 0.15) is 16.8 Å². The van der Waals surface area contributed by atoms with Crippen molar-refractivity contribution in [3.63, 3.8) is 0 Å². The number of halogens is 2. The summed E-state index contributed by atoms with van der Waals surface area (Å²) in [6.45, 7) is 1.06. The normalized spacial score (nSPS) is 11.1. The Kier molecular flexibility index (Phi) is 5.12. The van der Waals surface area contributed by atoms with Gasteiger partial charge >= 0.3 is 0 Å². The summed E-state index contributed by atoms with van der Waals surface area (Å²) >= 11 is 1.10. The highest BCUT2D eigenvalue weighted by Crippen LogP contribution is 2.32. The number of imidazole rings is 1. The summed E-state index contributed by atoms with van der Waals surface area (Å²) in [6.07, 6.45) is 5.90. The second-order valence-electron chi connectivity index (χ2n) is 6.21. The van der Waals surface area contributed by atoms with E-state index in [2.05, 4.69) is 9.97 Å². The van der Waals surface area contributed by atoms with Gasteiger partial charge in [0.2, 0.25) is 0 Å². The summed E-state index contributed by atoms with van der Waals surface area (Å²) in [5, 5.41) is 0.346. The van der Waals surface area contributed by atoms with Crippen molar-refractivity contribution in [1.82, 2.24) is 14.5 Å². The van der Waals surface area contributed by atoms with E-state index in [-0.39, 0.29) is 11.4 Å². The first-order chi connectivity index (χ1) is 13.6. The number of hydrogen-bond donors (Lipinski definition) is 0. The third-order valence-corrected chi connectivity index (χ3v) is 5.28. The number of hydrogen-bond acceptors (Lipinski definition) is 4. The molecule has 0 radical (unpaired) electrons. The molecule has 0 saturated carbocycles. The number of rotatable bonds is 6. The summed E-state index contributed by atoms with van der Waals surface area (Å²) < 4.78 is 29.9. The molecule has 0 bridgehead atoms. The second kappa shape index (κ2) is 7.85. The number of aromatic nitrogens is 3. The molecular formula is C20H16F2N4OS. The van der Waals surface area contributed by atoms with Crippen LogP contribution in [0.5, 0.6) is 0 Å². The lowest BCUT2D eigenvalue weighted by atomic mass is 10.2. The predicted molar refractivity (Wildman–Crippen MR) is 104 cm³/mol. The third-order valence-electron chi connectivity index (χ3n) is 4.26. The third kappa shape index (κ3) is 3.77. The van der Waals surface area contributed by atoms with Crippen LogP contribution in [0.25, 0.3) is 10.2 Å². The van der Waals surface area contributed by atoms with Crippen LogP contribution in [0.4, 0.5) is 13.9 Å². The van der Waals surface area contributed by atoms with Gasteiger partial charge in [-0.05, 0) is 24.6 Å². The molecule has 0 N–H and O–H groups in total. The molecule has 2 aromatic carbocycles. The first-order valence-electron chi connectivity index (χ1n) is 8.70. The van der Waals surface area contributed by atoms with Crippen molar-refractivity contribution in [2.24, 2.45) is 0 Å². The number of benzene rings is 2. The zero-order chi connectivity index (χ0) is 19.5. The molecule has 28 heavy (non-hydrogen) atoms. The summed E-state index contributed by atoms with van der Waals surface area (Å²) in [4.78, 5) is 22.9. The van der Waals surface area contributed by atoms with Gasteiger partial charge in [0.25, 0.3) is 5.91 Å². The van der Waals surface area contributed by atoms with Crippen molar-refractivity contribution in [2.75, 3.05) is 11.4 Å². The van der Waals surface area contributed by atoms with Gasteiger partial charge in [0.15, 0.2) is 10.9 Å². The Hall–Kier alpha value is -3.13. The fourth-order valence-corrected chi connectivity index (χ4v) is 3.94. The Morgan fingerprint density at radius 3 is 2.75 bits per heavy atom. The molecule has 142 valence electrons. The van der Waals surface area contributed by atoms with Crippen LogP contribution in [0.2, 0.25) is 0 Å². The number of carbonyl (C=O) groups is 1. The van der Waals surface area contributed by atoms with E-state index < -0.39 is 11.6 Å². The predicted octanol–water partition coefficient (Wildman–Crippen LogP) is 4.51. The van der Waals surface area contributed by atoms with E-state index in [0.717, 1.165) is 17.4 Å². The highest BCUT2D eigenvalue weighted by molar-refractivity contribution is 7.22. The Morgan fingerprint density at radius 1 is 1.18 bits per heavy atom. The van der Waals surface area contributed by atoms with E-state index in [9.17, 15) is 13.6 Å². The Labute approximate surface area is 163 Å². The van der Waals surface area contributed by atoms with Crippen LogP contribution in [0.15, 0.2) is 61.2 Å². The molecule has 0 aliphatic rings. The van der Waals surface area contributed by atoms with E-state index in [0.29, 0.717) is 34.9 Å². The average molecular weight is 398 g/mol. The summed E-state index contributed by atoms with van der Waals surface area (Å²) in [5.74, 6) is -1.63. The lowest BCUT2D eigenvalue weighted by molar-refractivity contribution is 0.0986. The van der Waals surface area contributed by atoms with Gasteiger partial charge in [-0.3, -0.25) is 9.69 Å². The maximum absolute atomic E-state index is 14.1. The van der Waals surface area contributed by atoms with E-state index in [1.165, 1.54) is 11.0 Å². The zero-order valence-electron chi connectivity index (χ0n) is 14.8. The van der Waals surface area contributed by atoms with E-state index in [4.69, 9.17) is 0 Å². The molecule has 0 saturated heterocycles. The van der Waals surface area contributed by atoms with Crippen LogP contribution >= 0.6 is 11.3 Å². The number of thiazole rings is 1. The first kappa shape index (κ1) is 18.2. The highest BCUT2D eigenvalue weighted by atomic mass is 32.1. The summed E-state index contributed by atoms with van der Waals surface area (Å²) in [6, 6.07) is 10.9. The van der Waals surface area contributed by atoms with Gasteiger partial charge in [0, 0.05) is 37.1 Å². The molecule has 2 aromatic heterocycles. The minimum atomic E-state index is -0.733. The van der Waals surface area contributed by atoms with E-state index >= 15 is 0 Å². The molecule has 0 aliphatic carbocycles. The smallest absolute Gasteiger partial charge is 0.260 e. The van der Waals surface area contributed by atoms with E-state index in [1.54, 1.807) is 36.8 Å². The van der Waals surface area contributed by atoms with Crippen LogP contribution in [-0.2, 0) is 6.54 Å². The van der Waals surface area contributed by atoms with Gasteiger partial charge in [-0.25, -0.2) is 18.7 Å². The number of fused-ring (bicyclic) bond motifs is 1. The largest absolute Gasteiger partial charge is 0.337 e. The van der Waals surface area contributed by atoms with Crippen molar-refractivity contribution in [1.29, 1.82) is 0 Å². The molecular weight excluding hydrogens is 382 g/mol. The van der Waals surface area contributed by atoms with Crippen molar-refractivity contribution in [2.45, 2.75) is 13.0 Å².